The fourth-order valence-electron chi connectivity index (χ4n) is 3.49. The predicted molar refractivity (Wildman–Crippen MR) is 131 cm³/mol. The lowest BCUT2D eigenvalue weighted by molar-refractivity contribution is -0.120. The summed E-state index contributed by atoms with van der Waals surface area (Å²) in [5.41, 5.74) is 4.17. The Morgan fingerprint density at radius 2 is 1.45 bits per heavy atom. The summed E-state index contributed by atoms with van der Waals surface area (Å²) >= 11 is 0. The SMILES string of the molecule is COc1ccc(C)cc1N(CC(=O)N[C@@H](C)c1ccc(C)cc1)S(=O)(=O)c1ccc(C)cc1. The van der Waals surface area contributed by atoms with Gasteiger partial charge in [-0.05, 0) is 63.1 Å². The lowest BCUT2D eigenvalue weighted by atomic mass is 10.1. The lowest BCUT2D eigenvalue weighted by Crippen LogP contribution is -2.41. The molecule has 1 amide bonds. The van der Waals surface area contributed by atoms with E-state index in [9.17, 15) is 13.2 Å². The molecule has 0 saturated carbocycles. The molecule has 0 heterocycles. The van der Waals surface area contributed by atoms with Gasteiger partial charge in [0.2, 0.25) is 5.91 Å². The Hall–Kier alpha value is -3.32. The molecule has 0 unspecified atom stereocenters. The third kappa shape index (κ3) is 5.73. The highest BCUT2D eigenvalue weighted by atomic mass is 32.2. The first-order valence-electron chi connectivity index (χ1n) is 10.7. The van der Waals surface area contributed by atoms with Crippen LogP contribution in [-0.2, 0) is 14.8 Å². The van der Waals surface area contributed by atoms with Crippen LogP contribution in [0.2, 0.25) is 0 Å². The van der Waals surface area contributed by atoms with E-state index in [4.69, 9.17) is 4.74 Å². The molecule has 7 heteroatoms. The first-order valence-corrected chi connectivity index (χ1v) is 12.2. The molecule has 0 bridgehead atoms. The molecule has 3 rings (SSSR count). The molecule has 0 aromatic heterocycles. The number of benzene rings is 3. The molecule has 1 N–H and O–H groups in total. The average Bonchev–Trinajstić information content (AvgIpc) is 2.78. The summed E-state index contributed by atoms with van der Waals surface area (Å²) in [5.74, 6) is -0.0435. The van der Waals surface area contributed by atoms with Crippen molar-refractivity contribution in [3.05, 3.63) is 89.0 Å². The molecule has 3 aromatic rings. The third-order valence-electron chi connectivity index (χ3n) is 5.45. The third-order valence-corrected chi connectivity index (χ3v) is 7.23. The smallest absolute Gasteiger partial charge is 0.264 e. The van der Waals surface area contributed by atoms with Crippen molar-refractivity contribution in [1.29, 1.82) is 0 Å². The van der Waals surface area contributed by atoms with Gasteiger partial charge in [-0.2, -0.15) is 0 Å². The minimum absolute atomic E-state index is 0.107. The number of amides is 1. The summed E-state index contributed by atoms with van der Waals surface area (Å²) in [7, 11) is -2.55. The molecule has 0 aliphatic heterocycles. The first-order chi connectivity index (χ1) is 15.6. The Bertz CT molecular complexity index is 1220. The summed E-state index contributed by atoms with van der Waals surface area (Å²) in [6.07, 6.45) is 0. The van der Waals surface area contributed by atoms with Crippen molar-refractivity contribution >= 4 is 21.6 Å². The zero-order chi connectivity index (χ0) is 24.2. The fourth-order valence-corrected chi connectivity index (χ4v) is 4.91. The number of nitrogens with one attached hydrogen (secondary N) is 1. The molecule has 1 atom stereocenters. The lowest BCUT2D eigenvalue weighted by Gasteiger charge is -2.27. The van der Waals surface area contributed by atoms with Crippen molar-refractivity contribution in [1.82, 2.24) is 5.32 Å². The zero-order valence-electron chi connectivity index (χ0n) is 19.6. The number of methoxy groups -OCH3 is 1. The summed E-state index contributed by atoms with van der Waals surface area (Å²) in [6, 6.07) is 19.4. The molecule has 0 aliphatic rings. The van der Waals surface area contributed by atoms with Gasteiger partial charge in [0.25, 0.3) is 10.0 Å². The van der Waals surface area contributed by atoms with Crippen molar-refractivity contribution in [2.45, 2.75) is 38.6 Å². The van der Waals surface area contributed by atoms with Gasteiger partial charge in [-0.25, -0.2) is 8.42 Å². The van der Waals surface area contributed by atoms with E-state index in [0.29, 0.717) is 11.4 Å². The number of anilines is 1. The van der Waals surface area contributed by atoms with Crippen molar-refractivity contribution in [3.8, 4) is 5.75 Å². The molecule has 0 radical (unpaired) electrons. The van der Waals surface area contributed by atoms with Gasteiger partial charge in [0, 0.05) is 0 Å². The van der Waals surface area contributed by atoms with Gasteiger partial charge in [-0.3, -0.25) is 9.10 Å². The Morgan fingerprint density at radius 1 is 0.909 bits per heavy atom. The minimum Gasteiger partial charge on any atom is -0.495 e. The summed E-state index contributed by atoms with van der Waals surface area (Å²) in [6.45, 7) is 7.23. The summed E-state index contributed by atoms with van der Waals surface area (Å²) < 4.78 is 33.8. The van der Waals surface area contributed by atoms with Gasteiger partial charge < -0.3 is 10.1 Å². The first kappa shape index (κ1) is 24.3. The van der Waals surface area contributed by atoms with Gasteiger partial charge in [0.05, 0.1) is 23.7 Å². The second-order valence-electron chi connectivity index (χ2n) is 8.20. The number of hydrogen-bond acceptors (Lipinski definition) is 4. The predicted octanol–water partition coefficient (Wildman–Crippen LogP) is 4.69. The Kier molecular flexibility index (Phi) is 7.43. The monoisotopic (exact) mass is 466 g/mol. The van der Waals surface area contributed by atoms with Crippen LogP contribution in [-0.4, -0.2) is 28.0 Å². The molecule has 3 aromatic carbocycles. The van der Waals surface area contributed by atoms with Crippen LogP contribution in [0.25, 0.3) is 0 Å². The average molecular weight is 467 g/mol. The van der Waals surface area contributed by atoms with E-state index in [2.05, 4.69) is 5.32 Å². The minimum atomic E-state index is -4.03. The van der Waals surface area contributed by atoms with E-state index in [1.54, 1.807) is 36.4 Å². The van der Waals surface area contributed by atoms with E-state index < -0.39 is 15.9 Å². The molecular weight excluding hydrogens is 436 g/mol. The maximum Gasteiger partial charge on any atom is 0.264 e. The van der Waals surface area contributed by atoms with Gasteiger partial charge in [0.15, 0.2) is 0 Å². The van der Waals surface area contributed by atoms with E-state index in [1.165, 1.54) is 7.11 Å². The number of carbonyl (C=O) groups is 1. The van der Waals surface area contributed by atoms with E-state index in [-0.39, 0.29) is 17.5 Å². The van der Waals surface area contributed by atoms with Crippen molar-refractivity contribution in [3.63, 3.8) is 0 Å². The molecular formula is C26H30N2O4S. The van der Waals surface area contributed by atoms with E-state index in [1.807, 2.05) is 58.0 Å². The van der Waals surface area contributed by atoms with Gasteiger partial charge in [-0.1, -0.05) is 53.6 Å². The highest BCUT2D eigenvalue weighted by molar-refractivity contribution is 7.92. The Labute approximate surface area is 196 Å². The molecule has 33 heavy (non-hydrogen) atoms. The van der Waals surface area contributed by atoms with Gasteiger partial charge >= 0.3 is 0 Å². The van der Waals surface area contributed by atoms with Crippen molar-refractivity contribution in [2.24, 2.45) is 0 Å². The number of aryl methyl sites for hydroxylation is 3. The van der Waals surface area contributed by atoms with Crippen LogP contribution >= 0.6 is 0 Å². The van der Waals surface area contributed by atoms with Crippen LogP contribution in [0.1, 0.15) is 35.2 Å². The normalized spacial score (nSPS) is 12.2. The van der Waals surface area contributed by atoms with Crippen molar-refractivity contribution in [2.75, 3.05) is 18.0 Å². The fraction of sp³-hybridized carbons (Fsp3) is 0.269. The molecule has 0 fully saturated rings. The van der Waals surface area contributed by atoms with Crippen LogP contribution in [0.4, 0.5) is 5.69 Å². The molecule has 174 valence electrons. The second-order valence-corrected chi connectivity index (χ2v) is 10.1. The van der Waals surface area contributed by atoms with E-state index in [0.717, 1.165) is 26.6 Å². The maximum atomic E-state index is 13.6. The molecule has 0 spiro atoms. The number of hydrogen-bond donors (Lipinski definition) is 1. The van der Waals surface area contributed by atoms with Crippen LogP contribution in [0, 0.1) is 20.8 Å². The number of rotatable bonds is 8. The molecule has 6 nitrogen and oxygen atoms in total. The number of ether oxygens (including phenoxy) is 1. The largest absolute Gasteiger partial charge is 0.495 e. The van der Waals surface area contributed by atoms with Crippen LogP contribution < -0.4 is 14.4 Å². The molecule has 0 aliphatic carbocycles. The Morgan fingerprint density at radius 3 is 2.03 bits per heavy atom. The highest BCUT2D eigenvalue weighted by Crippen LogP contribution is 2.33. The van der Waals surface area contributed by atoms with Gasteiger partial charge in [0.1, 0.15) is 12.3 Å². The number of sulfonamides is 1. The molecule has 0 saturated heterocycles. The number of nitrogens with zero attached hydrogens (tertiary/aromatic N) is 1. The standard InChI is InChI=1S/C26H30N2O4S/c1-18-6-11-22(12-7-18)21(4)27-26(29)17-28(24-16-20(3)10-15-25(24)32-5)33(30,31)23-13-8-19(2)9-14-23/h6-16,21H,17H2,1-5H3,(H,27,29)/t21-/m0/s1. The quantitative estimate of drug-likeness (QED) is 0.522. The van der Waals surface area contributed by atoms with Crippen LogP contribution in [0.15, 0.2) is 71.6 Å². The second kappa shape index (κ2) is 10.1. The van der Waals surface area contributed by atoms with E-state index >= 15 is 0 Å². The number of carbonyl (C=O) groups excluding carboxylic acids is 1. The Balaban J connectivity index is 1.97. The van der Waals surface area contributed by atoms with Crippen LogP contribution in [0.5, 0.6) is 5.75 Å². The summed E-state index contributed by atoms with van der Waals surface area (Å²) in [4.78, 5) is 13.1. The van der Waals surface area contributed by atoms with Crippen LogP contribution in [0.3, 0.4) is 0 Å². The summed E-state index contributed by atoms with van der Waals surface area (Å²) in [5, 5.41) is 2.91. The van der Waals surface area contributed by atoms with Crippen molar-refractivity contribution < 1.29 is 17.9 Å². The zero-order valence-corrected chi connectivity index (χ0v) is 20.4. The highest BCUT2D eigenvalue weighted by Gasteiger charge is 2.30. The maximum absolute atomic E-state index is 13.6. The van der Waals surface area contributed by atoms with Gasteiger partial charge in [-0.15, -0.1) is 0 Å². The topological polar surface area (TPSA) is 75.7 Å².